The fourth-order valence-corrected chi connectivity index (χ4v) is 3.16. The molecule has 0 rings (SSSR count). The molecule has 1 amide bonds. The van der Waals surface area contributed by atoms with Crippen molar-refractivity contribution in [3.8, 4) is 0 Å². The summed E-state index contributed by atoms with van der Waals surface area (Å²) in [5.41, 5.74) is 0. The van der Waals surface area contributed by atoms with Crippen molar-refractivity contribution in [3.63, 3.8) is 0 Å². The predicted octanol–water partition coefficient (Wildman–Crippen LogP) is 3.58. The summed E-state index contributed by atoms with van der Waals surface area (Å²) >= 11 is 0. The number of unbranched alkanes of at least 4 members (excludes halogenated alkanes) is 11. The second-order valence-corrected chi connectivity index (χ2v) is 8.10. The number of nitrogens with one attached hydrogen (secondary N) is 2. The van der Waals surface area contributed by atoms with Gasteiger partial charge >= 0.3 is 5.97 Å². The largest absolute Gasteiger partial charge is 0.480 e. The lowest BCUT2D eigenvalue weighted by molar-refractivity contribution is -0.137. The van der Waals surface area contributed by atoms with Crippen LogP contribution in [-0.2, 0) is 9.59 Å². The molecule has 0 unspecified atom stereocenters. The number of carboxylic acid groups (broad SMARTS) is 1. The number of carbonyl (C=O) groups is 2. The molecule has 0 aliphatic heterocycles. The van der Waals surface area contributed by atoms with Gasteiger partial charge in [-0.3, -0.25) is 20.3 Å². The van der Waals surface area contributed by atoms with Crippen molar-refractivity contribution in [1.29, 1.82) is 5.41 Å². The lowest BCUT2D eigenvalue weighted by Gasteiger charge is -2.37. The van der Waals surface area contributed by atoms with Gasteiger partial charge in [0.05, 0.1) is 23.5 Å². The molecule has 0 aromatic rings. The number of amides is 1. The summed E-state index contributed by atoms with van der Waals surface area (Å²) in [5.74, 6) is -2.17. The van der Waals surface area contributed by atoms with Crippen molar-refractivity contribution < 1.29 is 14.7 Å². The summed E-state index contributed by atoms with van der Waals surface area (Å²) in [6.07, 6.45) is 20.1. The number of carboxylic acids is 1. The molecule has 0 spiro atoms. The summed E-state index contributed by atoms with van der Waals surface area (Å²) in [4.78, 5) is 23.5. The average molecular weight is 425 g/mol. The van der Waals surface area contributed by atoms with Gasteiger partial charge in [-0.25, -0.2) is 0 Å². The highest BCUT2D eigenvalue weighted by molar-refractivity contribution is 6.59. The first kappa shape index (κ1) is 29.3. The van der Waals surface area contributed by atoms with Crippen LogP contribution in [-0.4, -0.2) is 63.2 Å². The number of nitrogens with zero attached hydrogens (tertiary/aromatic N) is 1. The topological polar surface area (TPSA) is 93.5 Å². The van der Waals surface area contributed by atoms with Crippen molar-refractivity contribution in [3.05, 3.63) is 12.2 Å². The zero-order valence-corrected chi connectivity index (χ0v) is 19.2. The SMILES string of the molecule is [B]C([B])([B])N(CC(=O)O)C(=N)NC(=O)CCCCCCC/C=C\CCCCCCCC. The monoisotopic (exact) mass is 425 g/mol. The van der Waals surface area contributed by atoms with Gasteiger partial charge in [0.1, 0.15) is 6.54 Å². The Morgan fingerprint density at radius 3 is 1.87 bits per heavy atom. The number of hydrogen-bond acceptors (Lipinski definition) is 3. The smallest absolute Gasteiger partial charge is 0.323 e. The van der Waals surface area contributed by atoms with E-state index in [1.807, 2.05) is 0 Å². The molecule has 168 valence electrons. The van der Waals surface area contributed by atoms with Crippen molar-refractivity contribution in [1.82, 2.24) is 10.2 Å². The third-order valence-corrected chi connectivity index (χ3v) is 4.95. The van der Waals surface area contributed by atoms with Crippen LogP contribution in [0.2, 0.25) is 0 Å². The molecule has 31 heavy (non-hydrogen) atoms. The van der Waals surface area contributed by atoms with E-state index < -0.39 is 23.7 Å². The number of rotatable bonds is 18. The molecule has 0 atom stereocenters. The number of guanidine groups is 1. The summed E-state index contributed by atoms with van der Waals surface area (Å²) in [6.45, 7) is 1.55. The molecule has 0 aromatic carbocycles. The van der Waals surface area contributed by atoms with E-state index in [1.165, 1.54) is 44.9 Å². The lowest BCUT2D eigenvalue weighted by Crippen LogP contribution is -2.59. The summed E-state index contributed by atoms with van der Waals surface area (Å²) < 4.78 is 0. The Bertz CT molecular complexity index is 552. The van der Waals surface area contributed by atoms with Crippen LogP contribution >= 0.6 is 0 Å². The van der Waals surface area contributed by atoms with Crippen LogP contribution in [0.4, 0.5) is 0 Å². The Labute approximate surface area is 192 Å². The Kier molecular flexibility index (Phi) is 17.0. The van der Waals surface area contributed by atoms with Gasteiger partial charge < -0.3 is 10.0 Å². The minimum absolute atomic E-state index is 0.244. The number of aliphatic carboxylic acids is 1. The maximum atomic E-state index is 11.9. The van der Waals surface area contributed by atoms with Crippen molar-refractivity contribution in [2.75, 3.05) is 6.54 Å². The zero-order valence-electron chi connectivity index (χ0n) is 19.2. The van der Waals surface area contributed by atoms with E-state index >= 15 is 0 Å². The van der Waals surface area contributed by atoms with Crippen LogP contribution in [0.5, 0.6) is 0 Å². The van der Waals surface area contributed by atoms with Crippen LogP contribution < -0.4 is 5.32 Å². The van der Waals surface area contributed by atoms with E-state index in [4.69, 9.17) is 34.1 Å². The Morgan fingerprint density at radius 2 is 1.39 bits per heavy atom. The van der Waals surface area contributed by atoms with E-state index in [2.05, 4.69) is 24.4 Å². The first-order chi connectivity index (χ1) is 14.7. The minimum Gasteiger partial charge on any atom is -0.480 e. The maximum absolute atomic E-state index is 11.9. The number of allylic oxidation sites excluding steroid dienone is 2. The van der Waals surface area contributed by atoms with Crippen molar-refractivity contribution in [2.45, 2.75) is 102 Å². The van der Waals surface area contributed by atoms with Gasteiger partial charge in [-0.15, -0.1) is 0 Å². The van der Waals surface area contributed by atoms with Gasteiger partial charge in [-0.1, -0.05) is 75.7 Å². The molecule has 0 aromatic heterocycles. The van der Waals surface area contributed by atoms with E-state index in [0.717, 1.165) is 32.1 Å². The van der Waals surface area contributed by atoms with E-state index in [0.29, 0.717) is 11.3 Å². The Balaban J connectivity index is 3.74. The molecule has 0 bridgehead atoms. The molecule has 0 fully saturated rings. The second kappa shape index (κ2) is 18.0. The summed E-state index contributed by atoms with van der Waals surface area (Å²) in [6, 6.07) is 0. The molecule has 0 aliphatic rings. The first-order valence-electron chi connectivity index (χ1n) is 11.6. The summed E-state index contributed by atoms with van der Waals surface area (Å²) in [5, 5.41) is 16.9. The highest BCUT2D eigenvalue weighted by atomic mass is 16.4. The fraction of sp³-hybridized carbons (Fsp3) is 0.773. The lowest BCUT2D eigenvalue weighted by atomic mass is 9.48. The van der Waals surface area contributed by atoms with Crippen molar-refractivity contribution in [2.24, 2.45) is 0 Å². The van der Waals surface area contributed by atoms with Crippen LogP contribution in [0.25, 0.3) is 0 Å². The number of carbonyl (C=O) groups excluding carboxylic acids is 1. The molecule has 0 aliphatic carbocycles. The summed E-state index contributed by atoms with van der Waals surface area (Å²) in [7, 11) is 16.4. The molecule has 9 heteroatoms. The van der Waals surface area contributed by atoms with E-state index in [1.54, 1.807) is 0 Å². The normalized spacial score (nSPS) is 11.5. The molecular weight excluding hydrogens is 387 g/mol. The van der Waals surface area contributed by atoms with Gasteiger partial charge in [0.25, 0.3) is 0 Å². The standard InChI is InChI=1S/C22H38B3N3O3/c1-2-3-4-5-6-7-8-9-10-11-12-13-14-15-16-17-19(29)27-21(26)28(18-20(30)31)22(23,24)25/h9-10H,2-8,11-18H2,1H3,(H,30,31)(H2,26,27,29)/b10-9-. The molecule has 0 saturated carbocycles. The molecule has 6 nitrogen and oxygen atoms in total. The molecule has 6 radical (unpaired) electrons. The minimum atomic E-state index is -2.05. The second-order valence-electron chi connectivity index (χ2n) is 8.10. The van der Waals surface area contributed by atoms with Crippen LogP contribution in [0.1, 0.15) is 96.8 Å². The molecule has 0 saturated heterocycles. The third-order valence-electron chi connectivity index (χ3n) is 4.95. The first-order valence-corrected chi connectivity index (χ1v) is 11.6. The Morgan fingerprint density at radius 1 is 0.903 bits per heavy atom. The van der Waals surface area contributed by atoms with E-state index in [-0.39, 0.29) is 12.3 Å². The van der Waals surface area contributed by atoms with Crippen molar-refractivity contribution >= 4 is 41.4 Å². The highest BCUT2D eigenvalue weighted by Crippen LogP contribution is 2.10. The maximum Gasteiger partial charge on any atom is 0.323 e. The van der Waals surface area contributed by atoms with E-state index in [9.17, 15) is 9.59 Å². The molecular formula is C22H38B3N3O3. The van der Waals surface area contributed by atoms with Gasteiger partial charge in [0, 0.05) is 6.42 Å². The molecule has 3 N–H and O–H groups in total. The quantitative estimate of drug-likeness (QED) is 0.103. The molecule has 0 heterocycles. The predicted molar refractivity (Wildman–Crippen MR) is 130 cm³/mol. The van der Waals surface area contributed by atoms with Crippen LogP contribution in [0, 0.1) is 5.41 Å². The van der Waals surface area contributed by atoms with Gasteiger partial charge in [-0.2, -0.15) is 0 Å². The fourth-order valence-electron chi connectivity index (χ4n) is 3.16. The van der Waals surface area contributed by atoms with Gasteiger partial charge in [0.2, 0.25) is 5.91 Å². The zero-order chi connectivity index (χ0) is 23.5. The third kappa shape index (κ3) is 17.7. The average Bonchev–Trinajstić information content (AvgIpc) is 2.68. The number of hydrogen-bond donors (Lipinski definition) is 3. The van der Waals surface area contributed by atoms with Crippen LogP contribution in [0.15, 0.2) is 12.2 Å². The Hall–Kier alpha value is -1.66. The van der Waals surface area contributed by atoms with Crippen LogP contribution in [0.3, 0.4) is 0 Å². The van der Waals surface area contributed by atoms with Gasteiger partial charge in [0.15, 0.2) is 5.96 Å². The highest BCUT2D eigenvalue weighted by Gasteiger charge is 2.25. The van der Waals surface area contributed by atoms with Gasteiger partial charge in [-0.05, 0) is 32.1 Å².